The number of aromatic nitrogens is 2. The number of nitrogens with zero attached hydrogens (tertiary/aromatic N) is 2. The molecule has 2 aromatic rings. The highest BCUT2D eigenvalue weighted by Gasteiger charge is 2.19. The average molecular weight is 368 g/mol. The minimum absolute atomic E-state index is 0.134. The van der Waals surface area contributed by atoms with Crippen LogP contribution in [0.5, 0.6) is 0 Å². The fourth-order valence-electron chi connectivity index (χ4n) is 1.79. The van der Waals surface area contributed by atoms with Crippen molar-refractivity contribution in [2.45, 2.75) is 19.5 Å². The highest BCUT2D eigenvalue weighted by Crippen LogP contribution is 2.25. The molecular formula is C15H15Cl2N5O2. The van der Waals surface area contributed by atoms with Crippen molar-refractivity contribution >= 4 is 40.7 Å². The van der Waals surface area contributed by atoms with E-state index in [9.17, 15) is 9.59 Å². The van der Waals surface area contributed by atoms with Crippen molar-refractivity contribution < 1.29 is 9.59 Å². The molecule has 0 bridgehead atoms. The first-order valence-corrected chi connectivity index (χ1v) is 7.74. The number of amides is 2. The molecule has 2 rings (SSSR count). The van der Waals surface area contributed by atoms with E-state index in [1.165, 1.54) is 18.5 Å². The zero-order chi connectivity index (χ0) is 17.7. The zero-order valence-corrected chi connectivity index (χ0v) is 14.2. The molecule has 0 aliphatic heterocycles. The van der Waals surface area contributed by atoms with Crippen LogP contribution < -0.4 is 16.4 Å². The molecular weight excluding hydrogens is 353 g/mol. The molecule has 4 N–H and O–H groups in total. The van der Waals surface area contributed by atoms with Gasteiger partial charge < -0.3 is 16.4 Å². The molecule has 1 atom stereocenters. The third-order valence-corrected chi connectivity index (χ3v) is 3.91. The number of anilines is 1. The normalized spacial score (nSPS) is 11.7. The summed E-state index contributed by atoms with van der Waals surface area (Å²) >= 11 is 11.9. The number of nitrogens with two attached hydrogens (primary N) is 1. The predicted molar refractivity (Wildman–Crippen MR) is 91.9 cm³/mol. The lowest BCUT2D eigenvalue weighted by atomic mass is 10.2. The first kappa shape index (κ1) is 18.1. The number of benzene rings is 1. The zero-order valence-electron chi connectivity index (χ0n) is 12.7. The van der Waals surface area contributed by atoms with E-state index in [1.54, 1.807) is 19.1 Å². The van der Waals surface area contributed by atoms with E-state index in [1.807, 2.05) is 0 Å². The topological polar surface area (TPSA) is 110 Å². The van der Waals surface area contributed by atoms with Crippen molar-refractivity contribution in [3.05, 3.63) is 52.0 Å². The van der Waals surface area contributed by atoms with Crippen LogP contribution in [0.25, 0.3) is 0 Å². The van der Waals surface area contributed by atoms with E-state index >= 15 is 0 Å². The predicted octanol–water partition coefficient (Wildman–Crippen LogP) is 2.00. The number of carbonyl (C=O) groups excluding carboxylic acids is 2. The van der Waals surface area contributed by atoms with Crippen LogP contribution in [-0.2, 0) is 11.3 Å². The Hall–Kier alpha value is -2.22. The minimum atomic E-state index is -0.804. The summed E-state index contributed by atoms with van der Waals surface area (Å²) in [5.74, 6) is -0.463. The second-order valence-electron chi connectivity index (χ2n) is 4.88. The highest BCUT2D eigenvalue weighted by atomic mass is 35.5. The van der Waals surface area contributed by atoms with Crippen molar-refractivity contribution in [3.63, 3.8) is 0 Å². The molecule has 126 valence electrons. The van der Waals surface area contributed by atoms with Gasteiger partial charge in [-0.15, -0.1) is 0 Å². The van der Waals surface area contributed by atoms with Gasteiger partial charge >= 0.3 is 0 Å². The Kier molecular flexibility index (Phi) is 6.08. The molecule has 1 heterocycles. The molecule has 1 aromatic heterocycles. The number of hydrogen-bond acceptors (Lipinski definition) is 5. The van der Waals surface area contributed by atoms with E-state index in [4.69, 9.17) is 28.9 Å². The SMILES string of the molecule is CC(NC(=O)c1cccc(Cl)c1Cl)C(=O)Nc1cnc(CN)nc1. The van der Waals surface area contributed by atoms with E-state index in [0.29, 0.717) is 11.5 Å². The molecule has 0 aliphatic carbocycles. The third-order valence-electron chi connectivity index (χ3n) is 3.09. The summed E-state index contributed by atoms with van der Waals surface area (Å²) in [6, 6.07) is 3.89. The molecule has 0 saturated heterocycles. The smallest absolute Gasteiger partial charge is 0.253 e. The Morgan fingerprint density at radius 3 is 2.54 bits per heavy atom. The van der Waals surface area contributed by atoms with Gasteiger partial charge in [0.1, 0.15) is 11.9 Å². The van der Waals surface area contributed by atoms with Crippen LogP contribution in [0.2, 0.25) is 10.0 Å². The lowest BCUT2D eigenvalue weighted by Crippen LogP contribution is -2.41. The monoisotopic (exact) mass is 367 g/mol. The molecule has 0 fully saturated rings. The maximum atomic E-state index is 12.2. The van der Waals surface area contributed by atoms with E-state index in [0.717, 1.165) is 0 Å². The second kappa shape index (κ2) is 8.05. The van der Waals surface area contributed by atoms with Crippen LogP contribution in [0.4, 0.5) is 5.69 Å². The molecule has 0 radical (unpaired) electrons. The maximum Gasteiger partial charge on any atom is 0.253 e. The van der Waals surface area contributed by atoms with Gasteiger partial charge in [-0.2, -0.15) is 0 Å². The van der Waals surface area contributed by atoms with Crippen molar-refractivity contribution in [2.24, 2.45) is 5.73 Å². The standard InChI is InChI=1S/C15H15Cl2N5O2/c1-8(14(23)22-9-6-19-12(5-18)20-7-9)21-15(24)10-3-2-4-11(16)13(10)17/h2-4,6-8H,5,18H2,1H3,(H,21,24)(H,22,23). The quantitative estimate of drug-likeness (QED) is 0.748. The van der Waals surface area contributed by atoms with Gasteiger partial charge in [0.2, 0.25) is 5.91 Å². The summed E-state index contributed by atoms with van der Waals surface area (Å²) < 4.78 is 0. The third kappa shape index (κ3) is 4.41. The van der Waals surface area contributed by atoms with Gasteiger partial charge in [-0.3, -0.25) is 9.59 Å². The Morgan fingerprint density at radius 1 is 1.25 bits per heavy atom. The molecule has 0 aliphatic rings. The van der Waals surface area contributed by atoms with Crippen LogP contribution in [-0.4, -0.2) is 27.8 Å². The molecule has 1 aromatic carbocycles. The van der Waals surface area contributed by atoms with E-state index in [-0.39, 0.29) is 22.2 Å². The van der Waals surface area contributed by atoms with Gasteiger partial charge in [-0.05, 0) is 19.1 Å². The Bertz CT molecular complexity index is 752. The number of halogens is 2. The van der Waals surface area contributed by atoms with Gasteiger partial charge in [-0.25, -0.2) is 9.97 Å². The largest absolute Gasteiger partial charge is 0.340 e. The summed E-state index contributed by atoms with van der Waals surface area (Å²) in [5, 5.41) is 5.55. The van der Waals surface area contributed by atoms with Crippen LogP contribution in [0.15, 0.2) is 30.6 Å². The summed E-state index contributed by atoms with van der Waals surface area (Å²) in [6.07, 6.45) is 2.88. The summed E-state index contributed by atoms with van der Waals surface area (Å²) in [4.78, 5) is 32.3. The van der Waals surface area contributed by atoms with Crippen molar-refractivity contribution in [1.29, 1.82) is 0 Å². The van der Waals surface area contributed by atoms with Gasteiger partial charge in [0.25, 0.3) is 5.91 Å². The molecule has 24 heavy (non-hydrogen) atoms. The van der Waals surface area contributed by atoms with Crippen LogP contribution in [0.3, 0.4) is 0 Å². The summed E-state index contributed by atoms with van der Waals surface area (Å²) in [6.45, 7) is 1.75. The minimum Gasteiger partial charge on any atom is -0.340 e. The van der Waals surface area contributed by atoms with E-state index < -0.39 is 17.9 Å². The Morgan fingerprint density at radius 2 is 1.92 bits per heavy atom. The van der Waals surface area contributed by atoms with E-state index in [2.05, 4.69) is 20.6 Å². The van der Waals surface area contributed by atoms with Gasteiger partial charge in [0, 0.05) is 0 Å². The fourth-order valence-corrected chi connectivity index (χ4v) is 2.18. The molecule has 0 saturated carbocycles. The molecule has 9 heteroatoms. The second-order valence-corrected chi connectivity index (χ2v) is 5.66. The molecule has 0 spiro atoms. The number of hydrogen-bond donors (Lipinski definition) is 3. The summed E-state index contributed by atoms with van der Waals surface area (Å²) in [7, 11) is 0. The first-order valence-electron chi connectivity index (χ1n) is 6.99. The number of carbonyl (C=O) groups is 2. The van der Waals surface area contributed by atoms with Crippen LogP contribution >= 0.6 is 23.2 Å². The fraction of sp³-hybridized carbons (Fsp3) is 0.200. The van der Waals surface area contributed by atoms with Crippen molar-refractivity contribution in [3.8, 4) is 0 Å². The van der Waals surface area contributed by atoms with Gasteiger partial charge in [-0.1, -0.05) is 29.3 Å². The first-order chi connectivity index (χ1) is 11.4. The Balaban J connectivity index is 2.00. The number of nitrogens with one attached hydrogen (secondary N) is 2. The van der Waals surface area contributed by atoms with Gasteiger partial charge in [0.15, 0.2) is 0 Å². The molecule has 7 nitrogen and oxygen atoms in total. The highest BCUT2D eigenvalue weighted by molar-refractivity contribution is 6.43. The maximum absolute atomic E-state index is 12.2. The average Bonchev–Trinajstić information content (AvgIpc) is 2.57. The Labute approximate surface area is 148 Å². The summed E-state index contributed by atoms with van der Waals surface area (Å²) in [5.41, 5.74) is 6.00. The lowest BCUT2D eigenvalue weighted by molar-refractivity contribution is -0.117. The lowest BCUT2D eigenvalue weighted by Gasteiger charge is -2.14. The van der Waals surface area contributed by atoms with Crippen molar-refractivity contribution in [2.75, 3.05) is 5.32 Å². The molecule has 1 unspecified atom stereocenters. The van der Waals surface area contributed by atoms with Crippen molar-refractivity contribution in [1.82, 2.24) is 15.3 Å². The van der Waals surface area contributed by atoms with Crippen LogP contribution in [0, 0.1) is 0 Å². The number of rotatable bonds is 5. The van der Waals surface area contributed by atoms with Crippen LogP contribution in [0.1, 0.15) is 23.1 Å². The van der Waals surface area contributed by atoms with Gasteiger partial charge in [0.05, 0.1) is 40.2 Å². The molecule has 2 amide bonds.